The first kappa shape index (κ1) is 6.95. The second-order valence-electron chi connectivity index (χ2n) is 1.28. The maximum absolute atomic E-state index is 8.25. The van der Waals surface area contributed by atoms with E-state index in [0.29, 0.717) is 5.70 Å². The number of allylic oxidation sites excluding steroid dienone is 2. The lowest BCUT2D eigenvalue weighted by atomic mass is 10.5. The van der Waals surface area contributed by atoms with Crippen LogP contribution in [0, 0.1) is 0 Å². The van der Waals surface area contributed by atoms with Crippen molar-refractivity contribution < 1.29 is 5.11 Å². The molecule has 0 aliphatic heterocycles. The van der Waals surface area contributed by atoms with Crippen LogP contribution in [0.1, 0.15) is 6.92 Å². The minimum absolute atomic E-state index is 0.574. The van der Waals surface area contributed by atoms with Crippen LogP contribution >= 0.6 is 0 Å². The Balaban J connectivity index is 3.69. The van der Waals surface area contributed by atoms with Crippen LogP contribution in [0.5, 0.6) is 0 Å². The molecule has 0 unspecified atom stereocenters. The van der Waals surface area contributed by atoms with Crippen molar-refractivity contribution in [3.8, 4) is 0 Å². The van der Waals surface area contributed by atoms with Gasteiger partial charge in [0.1, 0.15) is 6.26 Å². The molecule has 0 amide bonds. The molecule has 0 saturated heterocycles. The number of aliphatic hydroxyl groups excluding tert-OH is 1. The molecule has 0 fully saturated rings. The van der Waals surface area contributed by atoms with Gasteiger partial charge in [0.25, 0.3) is 0 Å². The maximum atomic E-state index is 8.25. The lowest BCUT2D eigenvalue weighted by Gasteiger charge is -1.81. The Bertz CT molecular complexity index is 124. The highest BCUT2D eigenvalue weighted by atomic mass is 16.2. The Morgan fingerprint density at radius 1 is 1.75 bits per heavy atom. The first-order valence-electron chi connectivity index (χ1n) is 2.27. The van der Waals surface area contributed by atoms with E-state index in [4.69, 9.17) is 5.11 Å². The third kappa shape index (κ3) is 3.15. The van der Waals surface area contributed by atoms with E-state index < -0.39 is 0 Å². The van der Waals surface area contributed by atoms with E-state index in [1.807, 2.05) is 0 Å². The van der Waals surface area contributed by atoms with E-state index in [-0.39, 0.29) is 0 Å². The average Bonchev–Trinajstić information content (AvgIpc) is 1.83. The first-order valence-corrected chi connectivity index (χ1v) is 2.27. The molecular formula is C6H9NO. The van der Waals surface area contributed by atoms with E-state index in [0.717, 1.165) is 6.26 Å². The van der Waals surface area contributed by atoms with E-state index in [1.54, 1.807) is 13.0 Å². The van der Waals surface area contributed by atoms with Crippen molar-refractivity contribution in [2.45, 2.75) is 6.92 Å². The second kappa shape index (κ2) is 4.12. The molecule has 0 aromatic rings. The van der Waals surface area contributed by atoms with Crippen LogP contribution in [-0.4, -0.2) is 11.3 Å². The summed E-state index contributed by atoms with van der Waals surface area (Å²) in [4.78, 5) is 3.73. The zero-order valence-electron chi connectivity index (χ0n) is 4.83. The molecule has 0 spiro atoms. The maximum Gasteiger partial charge on any atom is 0.100 e. The molecular weight excluding hydrogens is 102 g/mol. The molecule has 0 heterocycles. The summed E-state index contributed by atoms with van der Waals surface area (Å²) in [5.74, 6) is 0. The SMILES string of the molecule is C=CC=N/C(C)=C\O. The van der Waals surface area contributed by atoms with Crippen molar-refractivity contribution in [2.24, 2.45) is 4.99 Å². The highest BCUT2D eigenvalue weighted by Gasteiger charge is 1.73. The summed E-state index contributed by atoms with van der Waals surface area (Å²) in [7, 11) is 0. The van der Waals surface area contributed by atoms with E-state index in [2.05, 4.69) is 11.6 Å². The third-order valence-electron chi connectivity index (χ3n) is 0.570. The van der Waals surface area contributed by atoms with Gasteiger partial charge in [-0.2, -0.15) is 0 Å². The van der Waals surface area contributed by atoms with E-state index in [1.165, 1.54) is 6.21 Å². The van der Waals surface area contributed by atoms with Gasteiger partial charge < -0.3 is 5.11 Å². The third-order valence-corrected chi connectivity index (χ3v) is 0.570. The Morgan fingerprint density at radius 3 is 2.75 bits per heavy atom. The van der Waals surface area contributed by atoms with Gasteiger partial charge in [0.15, 0.2) is 0 Å². The summed E-state index contributed by atoms with van der Waals surface area (Å²) < 4.78 is 0. The van der Waals surface area contributed by atoms with Crippen LogP contribution in [-0.2, 0) is 0 Å². The lowest BCUT2D eigenvalue weighted by molar-refractivity contribution is 0.467. The van der Waals surface area contributed by atoms with Crippen molar-refractivity contribution >= 4 is 6.21 Å². The van der Waals surface area contributed by atoms with Crippen LogP contribution in [0.4, 0.5) is 0 Å². The van der Waals surface area contributed by atoms with Crippen LogP contribution in [0.15, 0.2) is 29.6 Å². The fraction of sp³-hybridized carbons (Fsp3) is 0.167. The molecule has 0 radical (unpaired) electrons. The molecule has 0 aliphatic carbocycles. The first-order chi connectivity index (χ1) is 3.81. The van der Waals surface area contributed by atoms with Gasteiger partial charge in [0.2, 0.25) is 0 Å². The van der Waals surface area contributed by atoms with Crippen molar-refractivity contribution in [1.82, 2.24) is 0 Å². The predicted molar refractivity (Wildman–Crippen MR) is 35.1 cm³/mol. The summed E-state index contributed by atoms with van der Waals surface area (Å²) in [5, 5.41) is 8.25. The van der Waals surface area contributed by atoms with Gasteiger partial charge in [-0.25, -0.2) is 0 Å². The van der Waals surface area contributed by atoms with Crippen molar-refractivity contribution in [3.63, 3.8) is 0 Å². The van der Waals surface area contributed by atoms with Crippen LogP contribution in [0.3, 0.4) is 0 Å². The molecule has 0 aromatic carbocycles. The van der Waals surface area contributed by atoms with Crippen LogP contribution < -0.4 is 0 Å². The van der Waals surface area contributed by atoms with Gasteiger partial charge in [0, 0.05) is 6.21 Å². The molecule has 44 valence electrons. The normalized spacial score (nSPS) is 12.4. The molecule has 8 heavy (non-hydrogen) atoms. The number of aliphatic imine (C=N–C) groups is 1. The molecule has 0 atom stereocenters. The average molecular weight is 111 g/mol. The molecule has 2 heteroatoms. The quantitative estimate of drug-likeness (QED) is 0.426. The van der Waals surface area contributed by atoms with Crippen molar-refractivity contribution in [1.29, 1.82) is 0 Å². The predicted octanol–water partition coefficient (Wildman–Crippen LogP) is 1.66. The lowest BCUT2D eigenvalue weighted by Crippen LogP contribution is -1.68. The zero-order valence-corrected chi connectivity index (χ0v) is 4.83. The monoisotopic (exact) mass is 111 g/mol. The Kier molecular flexibility index (Phi) is 3.58. The molecule has 0 aromatic heterocycles. The van der Waals surface area contributed by atoms with E-state index >= 15 is 0 Å². The number of aliphatic hydroxyl groups is 1. The highest BCUT2D eigenvalue weighted by molar-refractivity contribution is 5.71. The van der Waals surface area contributed by atoms with Gasteiger partial charge in [-0.1, -0.05) is 12.7 Å². The largest absolute Gasteiger partial charge is 0.514 e. The topological polar surface area (TPSA) is 32.6 Å². The van der Waals surface area contributed by atoms with Crippen LogP contribution in [0.25, 0.3) is 0 Å². The molecule has 1 N–H and O–H groups in total. The molecule has 0 saturated carbocycles. The van der Waals surface area contributed by atoms with Gasteiger partial charge in [-0.05, 0) is 6.92 Å². The summed E-state index contributed by atoms with van der Waals surface area (Å²) in [5.41, 5.74) is 0.574. The number of hydrogen-bond donors (Lipinski definition) is 1. The van der Waals surface area contributed by atoms with Gasteiger partial charge in [0.05, 0.1) is 5.70 Å². The Labute approximate surface area is 48.9 Å². The number of rotatable bonds is 2. The van der Waals surface area contributed by atoms with Gasteiger partial charge in [-0.15, -0.1) is 0 Å². The summed E-state index contributed by atoms with van der Waals surface area (Å²) in [6, 6.07) is 0. The standard InChI is InChI=1S/C6H9NO/c1-3-4-7-6(2)5-8/h3-5,8H,1H2,2H3/b6-5-,7-4?. The van der Waals surface area contributed by atoms with Crippen LogP contribution in [0.2, 0.25) is 0 Å². The number of nitrogens with zero attached hydrogens (tertiary/aromatic N) is 1. The molecule has 0 rings (SSSR count). The Hall–Kier alpha value is -1.05. The zero-order chi connectivity index (χ0) is 6.41. The summed E-state index contributed by atoms with van der Waals surface area (Å²) >= 11 is 0. The summed E-state index contributed by atoms with van der Waals surface area (Å²) in [6.07, 6.45) is 4.01. The van der Waals surface area contributed by atoms with Crippen molar-refractivity contribution in [2.75, 3.05) is 0 Å². The minimum Gasteiger partial charge on any atom is -0.514 e. The second-order valence-corrected chi connectivity index (χ2v) is 1.28. The number of hydrogen-bond acceptors (Lipinski definition) is 2. The Morgan fingerprint density at radius 2 is 2.38 bits per heavy atom. The summed E-state index contributed by atoms with van der Waals surface area (Å²) in [6.45, 7) is 5.10. The minimum atomic E-state index is 0.574. The smallest absolute Gasteiger partial charge is 0.100 e. The highest BCUT2D eigenvalue weighted by Crippen LogP contribution is 1.88. The molecule has 2 nitrogen and oxygen atoms in total. The van der Waals surface area contributed by atoms with Gasteiger partial charge >= 0.3 is 0 Å². The molecule has 0 aliphatic rings. The molecule has 0 bridgehead atoms. The van der Waals surface area contributed by atoms with E-state index in [9.17, 15) is 0 Å². The fourth-order valence-corrected chi connectivity index (χ4v) is 0.204. The fourth-order valence-electron chi connectivity index (χ4n) is 0.204. The van der Waals surface area contributed by atoms with Crippen molar-refractivity contribution in [3.05, 3.63) is 24.6 Å². The van der Waals surface area contributed by atoms with Gasteiger partial charge in [-0.3, -0.25) is 4.99 Å².